The lowest BCUT2D eigenvalue weighted by atomic mass is 10.0. The minimum Gasteiger partial charge on any atom is -0.497 e. The van der Waals surface area contributed by atoms with Gasteiger partial charge in [0.1, 0.15) is 5.75 Å². The molecular formula is C27H30N2O3. The second kappa shape index (κ2) is 11.7. The third-order valence-electron chi connectivity index (χ3n) is 5.37. The molecule has 0 aliphatic rings. The molecule has 0 aliphatic carbocycles. The van der Waals surface area contributed by atoms with E-state index in [2.05, 4.69) is 10.6 Å². The maximum atomic E-state index is 12.8. The van der Waals surface area contributed by atoms with Crippen LogP contribution in [0.5, 0.6) is 5.75 Å². The third-order valence-corrected chi connectivity index (χ3v) is 5.37. The first-order valence-electron chi connectivity index (χ1n) is 10.9. The van der Waals surface area contributed by atoms with Crippen LogP contribution in [0.4, 0.5) is 0 Å². The molecule has 0 aromatic heterocycles. The highest BCUT2D eigenvalue weighted by Gasteiger charge is 2.20. The molecule has 2 atom stereocenters. The number of methoxy groups -OCH3 is 1. The standard InChI is InChI=1S/C27H30N2O3/c1-20(13-14-21-15-17-24(32-2)18-16-21)28-26(30)19-25(22-9-5-3-6-10-22)29-27(31)23-11-7-4-8-12-23/h3-12,15-18,20,25H,13-14,19H2,1-2H3,(H,28,30)(H,29,31)/t20-,25-/m1/s1. The molecule has 0 radical (unpaired) electrons. The SMILES string of the molecule is COc1ccc(CC[C@@H](C)NC(=O)C[C@@H](NC(=O)c2ccccc2)c2ccccc2)cc1. The van der Waals surface area contributed by atoms with E-state index in [-0.39, 0.29) is 24.3 Å². The van der Waals surface area contributed by atoms with Crippen LogP contribution in [0.25, 0.3) is 0 Å². The first-order valence-corrected chi connectivity index (χ1v) is 10.9. The van der Waals surface area contributed by atoms with Crippen LogP contribution < -0.4 is 15.4 Å². The minimum atomic E-state index is -0.405. The highest BCUT2D eigenvalue weighted by Crippen LogP contribution is 2.18. The summed E-state index contributed by atoms with van der Waals surface area (Å²) < 4.78 is 5.19. The Balaban J connectivity index is 1.57. The number of amides is 2. The van der Waals surface area contributed by atoms with E-state index in [9.17, 15) is 9.59 Å². The van der Waals surface area contributed by atoms with E-state index in [1.54, 1.807) is 19.2 Å². The lowest BCUT2D eigenvalue weighted by molar-refractivity contribution is -0.122. The summed E-state index contributed by atoms with van der Waals surface area (Å²) in [5.41, 5.74) is 2.67. The summed E-state index contributed by atoms with van der Waals surface area (Å²) in [5, 5.41) is 6.08. The number of hydrogen-bond donors (Lipinski definition) is 2. The van der Waals surface area contributed by atoms with Gasteiger partial charge >= 0.3 is 0 Å². The van der Waals surface area contributed by atoms with Crippen LogP contribution in [0.1, 0.15) is 47.3 Å². The monoisotopic (exact) mass is 430 g/mol. The second-order valence-electron chi connectivity index (χ2n) is 7.86. The first-order chi connectivity index (χ1) is 15.5. The molecule has 32 heavy (non-hydrogen) atoms. The number of nitrogens with one attached hydrogen (secondary N) is 2. The lowest BCUT2D eigenvalue weighted by Gasteiger charge is -2.21. The quantitative estimate of drug-likeness (QED) is 0.490. The molecule has 0 saturated heterocycles. The van der Waals surface area contributed by atoms with Gasteiger partial charge in [0.25, 0.3) is 5.91 Å². The van der Waals surface area contributed by atoms with Crippen molar-refractivity contribution in [2.75, 3.05) is 7.11 Å². The van der Waals surface area contributed by atoms with Crippen molar-refractivity contribution < 1.29 is 14.3 Å². The summed E-state index contributed by atoms with van der Waals surface area (Å²) in [6, 6.07) is 26.2. The molecule has 3 aromatic rings. The van der Waals surface area contributed by atoms with Crippen molar-refractivity contribution in [3.63, 3.8) is 0 Å². The van der Waals surface area contributed by atoms with E-state index >= 15 is 0 Å². The van der Waals surface area contributed by atoms with Crippen molar-refractivity contribution in [2.45, 2.75) is 38.3 Å². The van der Waals surface area contributed by atoms with Gasteiger partial charge in [-0.2, -0.15) is 0 Å². The number of ether oxygens (including phenoxy) is 1. The summed E-state index contributed by atoms with van der Waals surface area (Å²) in [6.07, 6.45) is 1.86. The predicted molar refractivity (Wildman–Crippen MR) is 127 cm³/mol. The van der Waals surface area contributed by atoms with Crippen LogP contribution >= 0.6 is 0 Å². The van der Waals surface area contributed by atoms with Gasteiger partial charge in [-0.3, -0.25) is 9.59 Å². The van der Waals surface area contributed by atoms with Crippen LogP contribution in [-0.4, -0.2) is 25.0 Å². The summed E-state index contributed by atoms with van der Waals surface area (Å²) in [5.74, 6) is 0.550. The van der Waals surface area contributed by atoms with E-state index < -0.39 is 6.04 Å². The molecule has 5 nitrogen and oxygen atoms in total. The number of carbonyl (C=O) groups excluding carboxylic acids is 2. The second-order valence-corrected chi connectivity index (χ2v) is 7.86. The fourth-order valence-electron chi connectivity index (χ4n) is 3.54. The Bertz CT molecular complexity index is 988. The van der Waals surface area contributed by atoms with E-state index in [1.807, 2.05) is 79.7 Å². The molecule has 166 valence electrons. The fourth-order valence-corrected chi connectivity index (χ4v) is 3.54. The zero-order valence-electron chi connectivity index (χ0n) is 18.6. The molecule has 3 rings (SSSR count). The lowest BCUT2D eigenvalue weighted by Crippen LogP contribution is -2.37. The van der Waals surface area contributed by atoms with Gasteiger partial charge in [-0.05, 0) is 55.2 Å². The molecule has 0 spiro atoms. The molecule has 0 heterocycles. The maximum absolute atomic E-state index is 12.8. The minimum absolute atomic E-state index is 0.0193. The topological polar surface area (TPSA) is 67.4 Å². The van der Waals surface area contributed by atoms with Crippen LogP contribution in [0, 0.1) is 0 Å². The molecule has 5 heteroatoms. The molecule has 2 amide bonds. The zero-order valence-corrected chi connectivity index (χ0v) is 18.6. The van der Waals surface area contributed by atoms with E-state index in [0.29, 0.717) is 5.56 Å². The van der Waals surface area contributed by atoms with Gasteiger partial charge < -0.3 is 15.4 Å². The van der Waals surface area contributed by atoms with Crippen molar-refractivity contribution in [3.05, 3.63) is 102 Å². The van der Waals surface area contributed by atoms with Gasteiger partial charge in [0.05, 0.1) is 19.6 Å². The molecule has 0 unspecified atom stereocenters. The number of rotatable bonds is 10. The molecule has 2 N–H and O–H groups in total. The van der Waals surface area contributed by atoms with E-state index in [1.165, 1.54) is 5.56 Å². The molecule has 0 aliphatic heterocycles. The maximum Gasteiger partial charge on any atom is 0.251 e. The Morgan fingerprint density at radius 1 is 0.844 bits per heavy atom. The van der Waals surface area contributed by atoms with Crippen LogP contribution in [0.15, 0.2) is 84.9 Å². The van der Waals surface area contributed by atoms with Crippen molar-refractivity contribution >= 4 is 11.8 Å². The summed E-state index contributed by atoms with van der Waals surface area (Å²) in [7, 11) is 1.65. The third kappa shape index (κ3) is 6.98. The van der Waals surface area contributed by atoms with Crippen LogP contribution in [-0.2, 0) is 11.2 Å². The molecule has 0 bridgehead atoms. The van der Waals surface area contributed by atoms with Crippen molar-refractivity contribution in [3.8, 4) is 5.75 Å². The van der Waals surface area contributed by atoms with Crippen LogP contribution in [0.3, 0.4) is 0 Å². The summed E-state index contributed by atoms with van der Waals surface area (Å²) in [4.78, 5) is 25.5. The number of hydrogen-bond acceptors (Lipinski definition) is 3. The van der Waals surface area contributed by atoms with Gasteiger partial charge in [0.2, 0.25) is 5.91 Å². The Kier molecular flexibility index (Phi) is 8.44. The Morgan fingerprint density at radius 3 is 2.09 bits per heavy atom. The number of carbonyl (C=O) groups is 2. The van der Waals surface area contributed by atoms with E-state index in [0.717, 1.165) is 24.2 Å². The number of aryl methyl sites for hydroxylation is 1. The highest BCUT2D eigenvalue weighted by atomic mass is 16.5. The Hall–Kier alpha value is -3.60. The first kappa shape index (κ1) is 23.1. The van der Waals surface area contributed by atoms with Gasteiger partial charge in [0.15, 0.2) is 0 Å². The van der Waals surface area contributed by atoms with Crippen molar-refractivity contribution in [1.29, 1.82) is 0 Å². The smallest absolute Gasteiger partial charge is 0.251 e. The zero-order chi connectivity index (χ0) is 22.8. The molecule has 0 fully saturated rings. The average molecular weight is 431 g/mol. The Labute approximate surface area is 189 Å². The number of benzene rings is 3. The van der Waals surface area contributed by atoms with Gasteiger partial charge in [0, 0.05) is 11.6 Å². The molecular weight excluding hydrogens is 400 g/mol. The average Bonchev–Trinajstić information content (AvgIpc) is 2.83. The Morgan fingerprint density at radius 2 is 1.47 bits per heavy atom. The van der Waals surface area contributed by atoms with Crippen LogP contribution in [0.2, 0.25) is 0 Å². The fraction of sp³-hybridized carbons (Fsp3) is 0.259. The van der Waals surface area contributed by atoms with E-state index in [4.69, 9.17) is 4.74 Å². The van der Waals surface area contributed by atoms with Crippen molar-refractivity contribution in [1.82, 2.24) is 10.6 Å². The van der Waals surface area contributed by atoms with Gasteiger partial charge in [-0.25, -0.2) is 0 Å². The largest absolute Gasteiger partial charge is 0.497 e. The highest BCUT2D eigenvalue weighted by molar-refractivity contribution is 5.94. The van der Waals surface area contributed by atoms with Crippen molar-refractivity contribution in [2.24, 2.45) is 0 Å². The van der Waals surface area contributed by atoms with Gasteiger partial charge in [-0.15, -0.1) is 0 Å². The summed E-state index contributed by atoms with van der Waals surface area (Å²) >= 11 is 0. The molecule has 3 aromatic carbocycles. The normalized spacial score (nSPS) is 12.4. The summed E-state index contributed by atoms with van der Waals surface area (Å²) in [6.45, 7) is 2.00. The van der Waals surface area contributed by atoms with Gasteiger partial charge in [-0.1, -0.05) is 60.7 Å². The molecule has 0 saturated carbocycles. The predicted octanol–water partition coefficient (Wildman–Crippen LogP) is 4.69.